The predicted molar refractivity (Wildman–Crippen MR) is 246 cm³/mol. The van der Waals surface area contributed by atoms with Crippen LogP contribution in [0.4, 0.5) is 20.1 Å². The Labute approximate surface area is 384 Å². The highest BCUT2D eigenvalue weighted by Crippen LogP contribution is 2.44. The average molecular weight is 985 g/mol. The quantitative estimate of drug-likeness (QED) is 0.181. The number of nitrogens with zero attached hydrogens (tertiary/aromatic N) is 5. The maximum Gasteiger partial charge on any atom is 0.410 e. The Morgan fingerprint density at radius 1 is 0.698 bits per heavy atom. The zero-order chi connectivity index (χ0) is 43.6. The number of benzene rings is 4. The Morgan fingerprint density at radius 3 is 1.94 bits per heavy atom. The molecule has 2 N–H and O–H groups in total. The average Bonchev–Trinajstić information content (AvgIpc) is 3.52. The summed E-state index contributed by atoms with van der Waals surface area (Å²) in [5.74, 6) is -0.191. The van der Waals surface area contributed by atoms with Crippen molar-refractivity contribution in [3.8, 4) is 16.9 Å². The molecule has 0 saturated carbocycles. The summed E-state index contributed by atoms with van der Waals surface area (Å²) in [6.45, 7) is 5.31. The van der Waals surface area contributed by atoms with Crippen LogP contribution in [-0.4, -0.2) is 137 Å². The summed E-state index contributed by atoms with van der Waals surface area (Å²) in [6, 6.07) is 28.1. The standard InChI is InChI=1S/C48H52Br2N6O7/c49-40-27-31(28-41(50)44(40)57)29-43(63-48(61)54-20-16-34(17-21-54)56-22-13-32-7-1-6-12-42(32)51-46(56)59)45(58)53-18-14-33(15-19-53)52-23-25-55(26-24-52)47(60)62-30-39-37-10-4-2-8-35(37)36-9-3-5-11-38(36)39/h1-12,27-28,33-34,39,43,57H,13-26,29-30H2,(H,51,59). The van der Waals surface area contributed by atoms with Crippen molar-refractivity contribution in [3.63, 3.8) is 0 Å². The van der Waals surface area contributed by atoms with Crippen molar-refractivity contribution in [1.82, 2.24) is 24.5 Å². The van der Waals surface area contributed by atoms with Crippen molar-refractivity contribution in [2.24, 2.45) is 0 Å². The number of para-hydroxylation sites is 1. The zero-order valence-corrected chi connectivity index (χ0v) is 38.3. The molecule has 3 saturated heterocycles. The predicted octanol–water partition coefficient (Wildman–Crippen LogP) is 8.08. The molecule has 1 unspecified atom stereocenters. The molecule has 13 nitrogen and oxygen atoms in total. The van der Waals surface area contributed by atoms with Crippen molar-refractivity contribution in [1.29, 1.82) is 0 Å². The molecule has 9 rings (SSSR count). The smallest absolute Gasteiger partial charge is 0.410 e. The summed E-state index contributed by atoms with van der Waals surface area (Å²) in [5.41, 5.74) is 7.44. The number of fused-ring (bicyclic) bond motifs is 4. The van der Waals surface area contributed by atoms with Gasteiger partial charge in [0.25, 0.3) is 5.91 Å². The lowest BCUT2D eigenvalue weighted by molar-refractivity contribution is -0.142. The number of piperazine rings is 1. The second-order valence-corrected chi connectivity index (χ2v) is 18.8. The van der Waals surface area contributed by atoms with Gasteiger partial charge in [-0.2, -0.15) is 0 Å². The van der Waals surface area contributed by atoms with E-state index in [9.17, 15) is 24.3 Å². The van der Waals surface area contributed by atoms with Crippen LogP contribution in [0.5, 0.6) is 5.75 Å². The first kappa shape index (κ1) is 43.1. The number of likely N-dealkylation sites (tertiary alicyclic amines) is 2. The van der Waals surface area contributed by atoms with E-state index in [0.29, 0.717) is 79.8 Å². The zero-order valence-electron chi connectivity index (χ0n) is 35.1. The molecule has 4 aromatic rings. The summed E-state index contributed by atoms with van der Waals surface area (Å²) in [5, 5.41) is 13.4. The number of ether oxygens (including phenoxy) is 2. The first-order valence-electron chi connectivity index (χ1n) is 22.0. The third kappa shape index (κ3) is 9.28. The van der Waals surface area contributed by atoms with Crippen LogP contribution < -0.4 is 5.32 Å². The van der Waals surface area contributed by atoms with Gasteiger partial charge in [-0.05, 0) is 116 Å². The molecule has 4 heterocycles. The number of anilines is 1. The molecular formula is C48H52Br2N6O7. The first-order chi connectivity index (χ1) is 30.6. The van der Waals surface area contributed by atoms with E-state index in [2.05, 4.69) is 66.3 Å². The molecule has 4 aromatic carbocycles. The topological polar surface area (TPSA) is 135 Å². The van der Waals surface area contributed by atoms with Gasteiger partial charge in [0.1, 0.15) is 12.4 Å². The number of piperidine rings is 2. The van der Waals surface area contributed by atoms with Crippen LogP contribution in [0.3, 0.4) is 0 Å². The third-order valence-corrected chi connectivity index (χ3v) is 14.7. The number of amides is 5. The number of rotatable bonds is 8. The van der Waals surface area contributed by atoms with Crippen LogP contribution in [0, 0.1) is 0 Å². The van der Waals surface area contributed by atoms with E-state index in [0.717, 1.165) is 43.6 Å². The number of phenols is 1. The molecule has 3 fully saturated rings. The van der Waals surface area contributed by atoms with Crippen molar-refractivity contribution in [3.05, 3.63) is 116 Å². The summed E-state index contributed by atoms with van der Waals surface area (Å²) < 4.78 is 13.0. The molecular weight excluding hydrogens is 932 g/mol. The lowest BCUT2D eigenvalue weighted by Gasteiger charge is -2.43. The van der Waals surface area contributed by atoms with Gasteiger partial charge in [-0.25, -0.2) is 14.4 Å². The van der Waals surface area contributed by atoms with Gasteiger partial charge in [0.05, 0.1) is 8.95 Å². The van der Waals surface area contributed by atoms with Gasteiger partial charge >= 0.3 is 18.2 Å². The van der Waals surface area contributed by atoms with Crippen molar-refractivity contribution >= 4 is 61.7 Å². The maximum absolute atomic E-state index is 14.3. The van der Waals surface area contributed by atoms with Crippen molar-refractivity contribution in [2.75, 3.05) is 70.8 Å². The molecule has 0 aromatic heterocycles. The molecule has 63 heavy (non-hydrogen) atoms. The van der Waals surface area contributed by atoms with E-state index in [-0.39, 0.29) is 48.2 Å². The summed E-state index contributed by atoms with van der Waals surface area (Å²) >= 11 is 6.80. The third-order valence-electron chi connectivity index (χ3n) is 13.5. The Hall–Kier alpha value is -5.12. The van der Waals surface area contributed by atoms with Crippen LogP contribution in [0.25, 0.3) is 11.1 Å². The van der Waals surface area contributed by atoms with Crippen LogP contribution in [0.15, 0.2) is 93.9 Å². The van der Waals surface area contributed by atoms with E-state index in [1.165, 1.54) is 22.3 Å². The minimum atomic E-state index is -1.08. The van der Waals surface area contributed by atoms with Crippen LogP contribution in [0.2, 0.25) is 0 Å². The largest absolute Gasteiger partial charge is 0.506 e. The molecule has 15 heteroatoms. The fraction of sp³-hybridized carbons (Fsp3) is 0.417. The molecule has 1 atom stereocenters. The number of hydrogen-bond acceptors (Lipinski definition) is 8. The first-order valence-corrected chi connectivity index (χ1v) is 23.6. The number of carbonyl (C=O) groups excluding carboxylic acids is 4. The second-order valence-electron chi connectivity index (χ2n) is 17.1. The molecule has 4 aliphatic heterocycles. The Morgan fingerprint density at radius 2 is 1.27 bits per heavy atom. The fourth-order valence-corrected chi connectivity index (χ4v) is 11.3. The fourth-order valence-electron chi connectivity index (χ4n) is 10.0. The number of carbonyl (C=O) groups is 4. The van der Waals surface area contributed by atoms with E-state index < -0.39 is 12.2 Å². The number of phenolic OH excluding ortho intramolecular Hbond substituents is 1. The molecule has 0 radical (unpaired) electrons. The highest BCUT2D eigenvalue weighted by atomic mass is 79.9. The summed E-state index contributed by atoms with van der Waals surface area (Å²) in [7, 11) is 0. The van der Waals surface area contributed by atoms with Gasteiger partial charge in [0, 0.05) is 89.0 Å². The second kappa shape index (κ2) is 18.9. The summed E-state index contributed by atoms with van der Waals surface area (Å²) in [6.07, 6.45) is 1.68. The normalized spacial score (nSPS) is 19.1. The van der Waals surface area contributed by atoms with Crippen molar-refractivity contribution < 1.29 is 33.8 Å². The van der Waals surface area contributed by atoms with Crippen LogP contribution in [0.1, 0.15) is 53.9 Å². The van der Waals surface area contributed by atoms with Gasteiger partial charge in [-0.3, -0.25) is 9.69 Å². The van der Waals surface area contributed by atoms with E-state index in [4.69, 9.17) is 9.47 Å². The number of nitrogens with one attached hydrogen (secondary N) is 1. The molecule has 1 aliphatic carbocycles. The van der Waals surface area contributed by atoms with Crippen LogP contribution >= 0.6 is 31.9 Å². The number of halogens is 2. The minimum Gasteiger partial charge on any atom is -0.506 e. The maximum atomic E-state index is 14.3. The van der Waals surface area contributed by atoms with Gasteiger partial charge in [-0.15, -0.1) is 0 Å². The number of hydrogen-bond donors (Lipinski definition) is 2. The van der Waals surface area contributed by atoms with Gasteiger partial charge in [0.2, 0.25) is 0 Å². The van der Waals surface area contributed by atoms with E-state index >= 15 is 0 Å². The van der Waals surface area contributed by atoms with Gasteiger partial charge in [-0.1, -0.05) is 66.7 Å². The Bertz CT molecular complexity index is 2290. The molecule has 330 valence electrons. The summed E-state index contributed by atoms with van der Waals surface area (Å²) in [4.78, 5) is 64.1. The van der Waals surface area contributed by atoms with Gasteiger partial charge < -0.3 is 39.5 Å². The molecule has 5 aliphatic rings. The van der Waals surface area contributed by atoms with Crippen LogP contribution in [-0.2, 0) is 27.1 Å². The molecule has 0 spiro atoms. The SMILES string of the molecule is O=C(OCC1c2ccccc2-c2ccccc21)N1CCN(C2CCN(C(=O)C(Cc3cc(Br)c(O)c(Br)c3)OC(=O)N3CCC(N4CCc5ccccc5NC4=O)CC3)CC2)CC1. The lowest BCUT2D eigenvalue weighted by atomic mass is 9.98. The Kier molecular flexibility index (Phi) is 13.0. The Balaban J connectivity index is 0.773. The number of urea groups is 1. The number of aromatic hydroxyl groups is 1. The van der Waals surface area contributed by atoms with E-state index in [1.54, 1.807) is 26.8 Å². The highest BCUT2D eigenvalue weighted by Gasteiger charge is 2.38. The molecule has 5 amide bonds. The molecule has 0 bridgehead atoms. The minimum absolute atomic E-state index is 0.0148. The highest BCUT2D eigenvalue weighted by molar-refractivity contribution is 9.11. The lowest BCUT2D eigenvalue weighted by Crippen LogP contribution is -2.56. The monoisotopic (exact) mass is 982 g/mol. The van der Waals surface area contributed by atoms with Gasteiger partial charge in [0.15, 0.2) is 6.10 Å². The van der Waals surface area contributed by atoms with E-state index in [1.807, 2.05) is 53.4 Å². The van der Waals surface area contributed by atoms with Crippen molar-refractivity contribution in [2.45, 2.75) is 62.6 Å².